The van der Waals surface area contributed by atoms with Crippen LogP contribution in [0.1, 0.15) is 17.3 Å². The van der Waals surface area contributed by atoms with Crippen LogP contribution in [0.15, 0.2) is 18.2 Å². The van der Waals surface area contributed by atoms with Gasteiger partial charge in [0.2, 0.25) is 5.91 Å². The molecule has 1 amide bonds. The Morgan fingerprint density at radius 1 is 1.35 bits per heavy atom. The molecule has 0 aliphatic heterocycles. The van der Waals surface area contributed by atoms with Crippen molar-refractivity contribution in [2.24, 2.45) is 0 Å². The fourth-order valence-corrected chi connectivity index (χ4v) is 1.78. The van der Waals surface area contributed by atoms with Gasteiger partial charge in [-0.05, 0) is 32.2 Å². The van der Waals surface area contributed by atoms with Gasteiger partial charge in [-0.25, -0.2) is 4.39 Å². The van der Waals surface area contributed by atoms with Gasteiger partial charge in [0.1, 0.15) is 11.6 Å². The number of Topliss-reactive ketones (excluding diaryl/α,β-unsaturated/α-hetero) is 1. The Morgan fingerprint density at radius 2 is 2.05 bits per heavy atom. The molecule has 5 nitrogen and oxygen atoms in total. The molecule has 0 aliphatic rings. The van der Waals surface area contributed by atoms with E-state index in [2.05, 4.69) is 5.32 Å². The summed E-state index contributed by atoms with van der Waals surface area (Å²) in [6.07, 6.45) is 0. The molecule has 1 aromatic carbocycles. The summed E-state index contributed by atoms with van der Waals surface area (Å²) in [6, 6.07) is 3.78. The summed E-state index contributed by atoms with van der Waals surface area (Å²) in [5.41, 5.74) is 0.176. The zero-order valence-corrected chi connectivity index (χ0v) is 11.9. The maximum Gasteiger partial charge on any atom is 0.234 e. The Kier molecular flexibility index (Phi) is 6.11. The van der Waals surface area contributed by atoms with E-state index in [1.54, 1.807) is 11.9 Å². The number of methoxy groups -OCH3 is 1. The molecule has 0 saturated heterocycles. The second-order valence-corrected chi connectivity index (χ2v) is 4.39. The number of hydrogen-bond donors (Lipinski definition) is 1. The number of nitrogens with zero attached hydrogens (tertiary/aromatic N) is 1. The Balaban J connectivity index is 2.71. The predicted molar refractivity (Wildman–Crippen MR) is 73.5 cm³/mol. The largest absolute Gasteiger partial charge is 0.496 e. The van der Waals surface area contributed by atoms with Gasteiger partial charge in [-0.1, -0.05) is 0 Å². The Bertz CT molecular complexity index is 491. The number of amides is 1. The number of likely N-dealkylation sites (N-methyl/N-ethyl adjacent to an activating group) is 2. The highest BCUT2D eigenvalue weighted by atomic mass is 19.1. The molecule has 1 N–H and O–H groups in total. The second kappa shape index (κ2) is 7.59. The van der Waals surface area contributed by atoms with Crippen LogP contribution < -0.4 is 10.1 Å². The zero-order valence-electron chi connectivity index (χ0n) is 11.9. The fraction of sp³-hybridized carbons (Fsp3) is 0.429. The third-order valence-electron chi connectivity index (χ3n) is 2.66. The molecule has 0 spiro atoms. The molecule has 0 unspecified atom stereocenters. The van der Waals surface area contributed by atoms with Crippen LogP contribution in [0, 0.1) is 5.82 Å². The van der Waals surface area contributed by atoms with E-state index < -0.39 is 5.82 Å². The van der Waals surface area contributed by atoms with Crippen molar-refractivity contribution in [1.29, 1.82) is 0 Å². The SMILES string of the molecule is CCNC(=O)CN(C)CC(=O)c1cc(F)ccc1OC. The number of ether oxygens (including phenoxy) is 1. The van der Waals surface area contributed by atoms with Crippen molar-refractivity contribution in [3.63, 3.8) is 0 Å². The smallest absolute Gasteiger partial charge is 0.234 e. The van der Waals surface area contributed by atoms with Gasteiger partial charge < -0.3 is 10.1 Å². The summed E-state index contributed by atoms with van der Waals surface area (Å²) in [7, 11) is 3.07. The molecular formula is C14H19FN2O3. The van der Waals surface area contributed by atoms with E-state index in [9.17, 15) is 14.0 Å². The first-order valence-electron chi connectivity index (χ1n) is 6.30. The van der Waals surface area contributed by atoms with Gasteiger partial charge in [0.05, 0.1) is 25.8 Å². The lowest BCUT2D eigenvalue weighted by molar-refractivity contribution is -0.121. The highest BCUT2D eigenvalue weighted by molar-refractivity contribution is 6.00. The molecule has 20 heavy (non-hydrogen) atoms. The molecule has 6 heteroatoms. The molecule has 0 saturated carbocycles. The molecule has 0 fully saturated rings. The van der Waals surface area contributed by atoms with Crippen molar-refractivity contribution < 1.29 is 18.7 Å². The second-order valence-electron chi connectivity index (χ2n) is 4.39. The Morgan fingerprint density at radius 3 is 2.65 bits per heavy atom. The van der Waals surface area contributed by atoms with E-state index in [-0.39, 0.29) is 30.3 Å². The van der Waals surface area contributed by atoms with Crippen molar-refractivity contribution >= 4 is 11.7 Å². The third-order valence-corrected chi connectivity index (χ3v) is 2.66. The summed E-state index contributed by atoms with van der Waals surface area (Å²) < 4.78 is 18.2. The number of carbonyl (C=O) groups is 2. The topological polar surface area (TPSA) is 58.6 Å². The van der Waals surface area contributed by atoms with Gasteiger partial charge in [-0.15, -0.1) is 0 Å². The van der Waals surface area contributed by atoms with Gasteiger partial charge in [-0.2, -0.15) is 0 Å². The minimum absolute atomic E-state index is 0.0109. The molecule has 1 aromatic rings. The monoisotopic (exact) mass is 282 g/mol. The molecule has 1 rings (SSSR count). The van der Waals surface area contributed by atoms with Crippen LogP contribution in [0.3, 0.4) is 0 Å². The first-order chi connectivity index (χ1) is 9.47. The van der Waals surface area contributed by atoms with Crippen molar-refractivity contribution in [3.05, 3.63) is 29.6 Å². The van der Waals surface area contributed by atoms with Crippen LogP contribution in [0.4, 0.5) is 4.39 Å². The number of benzene rings is 1. The average molecular weight is 282 g/mol. The maximum absolute atomic E-state index is 13.2. The summed E-state index contributed by atoms with van der Waals surface area (Å²) in [6.45, 7) is 2.48. The van der Waals surface area contributed by atoms with Crippen LogP contribution in [0.25, 0.3) is 0 Å². The first-order valence-corrected chi connectivity index (χ1v) is 6.30. The number of halogens is 1. The molecule has 0 atom stereocenters. The minimum atomic E-state index is -0.500. The first kappa shape index (κ1) is 16.1. The van der Waals surface area contributed by atoms with Crippen LogP contribution in [0.5, 0.6) is 5.75 Å². The lowest BCUT2D eigenvalue weighted by Crippen LogP contribution is -2.37. The summed E-state index contributed by atoms with van der Waals surface area (Å²) in [5.74, 6) is -0.634. The molecular weight excluding hydrogens is 263 g/mol. The van der Waals surface area contributed by atoms with Crippen LogP contribution >= 0.6 is 0 Å². The highest BCUT2D eigenvalue weighted by Crippen LogP contribution is 2.20. The number of nitrogens with one attached hydrogen (secondary N) is 1. The quantitative estimate of drug-likeness (QED) is 0.760. The minimum Gasteiger partial charge on any atom is -0.496 e. The van der Waals surface area contributed by atoms with E-state index in [0.29, 0.717) is 12.3 Å². The number of hydrogen-bond acceptors (Lipinski definition) is 4. The van der Waals surface area contributed by atoms with E-state index in [4.69, 9.17) is 4.74 Å². The Hall–Kier alpha value is -1.95. The Labute approximate surface area is 117 Å². The molecule has 0 bridgehead atoms. The number of carbonyl (C=O) groups excluding carboxylic acids is 2. The van der Waals surface area contributed by atoms with E-state index in [0.717, 1.165) is 6.07 Å². The number of rotatable bonds is 7. The van der Waals surface area contributed by atoms with Crippen molar-refractivity contribution in [1.82, 2.24) is 10.2 Å². The van der Waals surface area contributed by atoms with Gasteiger partial charge in [0.25, 0.3) is 0 Å². The normalized spacial score (nSPS) is 10.4. The molecule has 0 aromatic heterocycles. The summed E-state index contributed by atoms with van der Waals surface area (Å²) >= 11 is 0. The molecule has 0 aliphatic carbocycles. The van der Waals surface area contributed by atoms with Crippen LogP contribution in [0.2, 0.25) is 0 Å². The van der Waals surface area contributed by atoms with Crippen molar-refractivity contribution in [3.8, 4) is 5.75 Å². The van der Waals surface area contributed by atoms with Gasteiger partial charge >= 0.3 is 0 Å². The molecule has 110 valence electrons. The van der Waals surface area contributed by atoms with E-state index >= 15 is 0 Å². The van der Waals surface area contributed by atoms with Gasteiger partial charge in [-0.3, -0.25) is 14.5 Å². The molecule has 0 radical (unpaired) electrons. The van der Waals surface area contributed by atoms with E-state index in [1.165, 1.54) is 19.2 Å². The number of ketones is 1. The molecule has 0 heterocycles. The lowest BCUT2D eigenvalue weighted by Gasteiger charge is -2.16. The standard InChI is InChI=1S/C14H19FN2O3/c1-4-16-14(19)9-17(2)8-12(18)11-7-10(15)5-6-13(11)20-3/h5-7H,4,8-9H2,1-3H3,(H,16,19). The summed E-state index contributed by atoms with van der Waals surface area (Å²) in [5, 5.41) is 2.64. The van der Waals surface area contributed by atoms with E-state index in [1.807, 2.05) is 6.92 Å². The fourth-order valence-electron chi connectivity index (χ4n) is 1.78. The van der Waals surface area contributed by atoms with Crippen LogP contribution in [-0.4, -0.2) is 50.4 Å². The highest BCUT2D eigenvalue weighted by Gasteiger charge is 2.16. The van der Waals surface area contributed by atoms with Gasteiger partial charge in [0, 0.05) is 6.54 Å². The lowest BCUT2D eigenvalue weighted by atomic mass is 10.1. The van der Waals surface area contributed by atoms with Gasteiger partial charge in [0.15, 0.2) is 5.78 Å². The van der Waals surface area contributed by atoms with Crippen molar-refractivity contribution in [2.45, 2.75) is 6.92 Å². The summed E-state index contributed by atoms with van der Waals surface area (Å²) in [4.78, 5) is 25.1. The zero-order chi connectivity index (χ0) is 15.1. The maximum atomic E-state index is 13.2. The van der Waals surface area contributed by atoms with Crippen molar-refractivity contribution in [2.75, 3.05) is 33.8 Å². The predicted octanol–water partition coefficient (Wildman–Crippen LogP) is 1.08. The average Bonchev–Trinajstić information content (AvgIpc) is 2.38. The third kappa shape index (κ3) is 4.62. The van der Waals surface area contributed by atoms with Crippen LogP contribution in [-0.2, 0) is 4.79 Å².